The van der Waals surface area contributed by atoms with Crippen LogP contribution in [0.1, 0.15) is 30.0 Å². The predicted molar refractivity (Wildman–Crippen MR) is 148 cm³/mol. The lowest BCUT2D eigenvalue weighted by molar-refractivity contribution is -0.113. The van der Waals surface area contributed by atoms with Gasteiger partial charge in [0.1, 0.15) is 16.6 Å². The molecule has 0 saturated carbocycles. The number of anilines is 1. The number of nitrogens with one attached hydrogen (secondary N) is 1. The minimum Gasteiger partial charge on any atom is -0.462 e. The van der Waals surface area contributed by atoms with E-state index in [-0.39, 0.29) is 28.9 Å². The number of carbonyl (C=O) groups excluding carboxylic acids is 2. The van der Waals surface area contributed by atoms with Gasteiger partial charge < -0.3 is 14.6 Å². The number of rotatable bonds is 11. The third kappa shape index (κ3) is 6.50. The van der Waals surface area contributed by atoms with Gasteiger partial charge in [0.05, 0.1) is 22.8 Å². The van der Waals surface area contributed by atoms with Crippen molar-refractivity contribution in [2.45, 2.75) is 36.2 Å². The summed E-state index contributed by atoms with van der Waals surface area (Å²) in [6.07, 6.45) is 0. The van der Waals surface area contributed by atoms with Crippen LogP contribution in [-0.4, -0.2) is 47.4 Å². The highest BCUT2D eigenvalue weighted by molar-refractivity contribution is 7.99. The summed E-state index contributed by atoms with van der Waals surface area (Å²) in [6.45, 7) is 4.23. The van der Waals surface area contributed by atoms with Gasteiger partial charge in [0.2, 0.25) is 5.91 Å². The molecule has 0 aliphatic heterocycles. The van der Waals surface area contributed by atoms with E-state index in [1.807, 2.05) is 37.3 Å². The monoisotopic (exact) mass is 570 g/mol. The molecule has 38 heavy (non-hydrogen) atoms. The van der Waals surface area contributed by atoms with Crippen LogP contribution in [0.15, 0.2) is 76.8 Å². The Morgan fingerprint density at radius 1 is 1.03 bits per heavy atom. The quantitative estimate of drug-likeness (QED) is 0.200. The number of hydrogen-bond acceptors (Lipinski definition) is 9. The van der Waals surface area contributed by atoms with Crippen molar-refractivity contribution >= 4 is 49.8 Å². The van der Waals surface area contributed by atoms with E-state index in [4.69, 9.17) is 4.74 Å². The topological polar surface area (TPSA) is 120 Å². The van der Waals surface area contributed by atoms with E-state index in [9.17, 15) is 18.0 Å². The van der Waals surface area contributed by atoms with Gasteiger partial charge in [-0.05, 0) is 37.6 Å². The first-order chi connectivity index (χ1) is 18.3. The summed E-state index contributed by atoms with van der Waals surface area (Å²) in [4.78, 5) is 26.4. The second kappa shape index (κ2) is 12.4. The molecule has 12 heteroatoms. The van der Waals surface area contributed by atoms with Crippen LogP contribution in [-0.2, 0) is 31.7 Å². The highest BCUT2D eigenvalue weighted by atomic mass is 32.2. The van der Waals surface area contributed by atoms with Gasteiger partial charge in [0, 0.05) is 11.4 Å². The smallest absolute Gasteiger partial charge is 0.341 e. The zero-order chi connectivity index (χ0) is 27.1. The maximum atomic E-state index is 12.9. The summed E-state index contributed by atoms with van der Waals surface area (Å²) < 4.78 is 32.5. The summed E-state index contributed by atoms with van der Waals surface area (Å²) >= 11 is 2.43. The molecule has 4 aromatic rings. The van der Waals surface area contributed by atoms with Gasteiger partial charge >= 0.3 is 5.97 Å². The Kier molecular flexibility index (Phi) is 8.97. The Morgan fingerprint density at radius 2 is 1.71 bits per heavy atom. The molecule has 0 bridgehead atoms. The molecule has 4 rings (SSSR count). The molecule has 198 valence electrons. The minimum atomic E-state index is -3.60. The van der Waals surface area contributed by atoms with E-state index in [1.54, 1.807) is 47.9 Å². The van der Waals surface area contributed by atoms with Crippen molar-refractivity contribution in [2.75, 3.05) is 17.7 Å². The maximum Gasteiger partial charge on any atom is 0.341 e. The lowest BCUT2D eigenvalue weighted by atomic mass is 10.1. The van der Waals surface area contributed by atoms with Crippen molar-refractivity contribution < 1.29 is 22.7 Å². The molecule has 0 saturated heterocycles. The molecular weight excluding hydrogens is 545 g/mol. The van der Waals surface area contributed by atoms with Crippen LogP contribution < -0.4 is 5.32 Å². The van der Waals surface area contributed by atoms with Gasteiger partial charge in [0.15, 0.2) is 15.0 Å². The summed E-state index contributed by atoms with van der Waals surface area (Å²) in [7, 11) is -3.60. The minimum absolute atomic E-state index is 0.00952. The Balaban J connectivity index is 1.47. The summed E-state index contributed by atoms with van der Waals surface area (Å²) in [5.41, 5.74) is 1.21. The second-order valence-electron chi connectivity index (χ2n) is 7.99. The fourth-order valence-electron chi connectivity index (χ4n) is 3.61. The third-order valence-corrected chi connectivity index (χ3v) is 9.10. The predicted octanol–water partition coefficient (Wildman–Crippen LogP) is 4.91. The third-order valence-electron chi connectivity index (χ3n) is 5.40. The van der Waals surface area contributed by atoms with Gasteiger partial charge in [-0.25, -0.2) is 13.2 Å². The fourth-order valence-corrected chi connectivity index (χ4v) is 6.79. The molecule has 2 aromatic carbocycles. The molecule has 2 heterocycles. The van der Waals surface area contributed by atoms with Crippen LogP contribution in [0.5, 0.6) is 0 Å². The Morgan fingerprint density at radius 3 is 2.37 bits per heavy atom. The van der Waals surface area contributed by atoms with Crippen LogP contribution in [0.3, 0.4) is 0 Å². The molecule has 0 fully saturated rings. The van der Waals surface area contributed by atoms with E-state index in [2.05, 4.69) is 15.5 Å². The zero-order valence-corrected chi connectivity index (χ0v) is 23.2. The van der Waals surface area contributed by atoms with Gasteiger partial charge in [-0.3, -0.25) is 4.79 Å². The Bertz CT molecular complexity index is 1520. The van der Waals surface area contributed by atoms with Crippen molar-refractivity contribution in [3.8, 4) is 10.4 Å². The van der Waals surface area contributed by atoms with Crippen molar-refractivity contribution in [3.63, 3.8) is 0 Å². The molecule has 1 amide bonds. The van der Waals surface area contributed by atoms with E-state index in [0.717, 1.165) is 22.2 Å². The highest BCUT2D eigenvalue weighted by Gasteiger charge is 2.23. The van der Waals surface area contributed by atoms with Crippen molar-refractivity contribution in [1.29, 1.82) is 0 Å². The number of hydrogen-bond donors (Lipinski definition) is 1. The van der Waals surface area contributed by atoms with Crippen LogP contribution in [0.25, 0.3) is 10.4 Å². The molecule has 0 aliphatic carbocycles. The average molecular weight is 571 g/mol. The van der Waals surface area contributed by atoms with Gasteiger partial charge in [-0.2, -0.15) is 0 Å². The lowest BCUT2D eigenvalue weighted by Gasteiger charge is -2.09. The number of esters is 1. The second-order valence-corrected chi connectivity index (χ2v) is 12.0. The number of amides is 1. The molecular formula is C26H26N4O5S3. The molecule has 0 spiro atoms. The van der Waals surface area contributed by atoms with Crippen LogP contribution in [0.4, 0.5) is 5.00 Å². The van der Waals surface area contributed by atoms with Crippen LogP contribution in [0.2, 0.25) is 0 Å². The zero-order valence-electron chi connectivity index (χ0n) is 20.8. The summed E-state index contributed by atoms with van der Waals surface area (Å²) in [5.74, 6) is -0.861. The lowest BCUT2D eigenvalue weighted by Crippen LogP contribution is -2.16. The summed E-state index contributed by atoms with van der Waals surface area (Å²) in [5, 5.41) is 11.8. The highest BCUT2D eigenvalue weighted by Crippen LogP contribution is 2.36. The van der Waals surface area contributed by atoms with E-state index < -0.39 is 15.8 Å². The number of ether oxygens (including phenoxy) is 1. The number of aromatic nitrogens is 3. The Labute approximate surface area is 229 Å². The first-order valence-electron chi connectivity index (χ1n) is 11.8. The molecule has 2 aromatic heterocycles. The van der Waals surface area contributed by atoms with E-state index in [0.29, 0.717) is 28.1 Å². The maximum absolute atomic E-state index is 12.9. The van der Waals surface area contributed by atoms with Crippen LogP contribution in [0, 0.1) is 0 Å². The average Bonchev–Trinajstić information content (AvgIpc) is 3.52. The molecule has 0 radical (unpaired) electrons. The van der Waals surface area contributed by atoms with Crippen molar-refractivity contribution in [3.05, 3.63) is 78.1 Å². The number of carbonyl (C=O) groups is 2. The summed E-state index contributed by atoms with van der Waals surface area (Å²) in [6, 6.07) is 19.4. The number of benzene rings is 2. The number of thiophene rings is 1. The number of nitrogens with zero attached hydrogens (tertiary/aromatic N) is 3. The van der Waals surface area contributed by atoms with E-state index >= 15 is 0 Å². The standard InChI is InChI=1S/C26H26N4O5S3/c1-3-30-22(17-38(33,34)19-13-9-6-10-14-19)28-29-26(30)36-16-23(31)27-24-20(25(32)35-4-2)15-21(37-24)18-11-7-5-8-12-18/h5-15H,3-4,16-17H2,1-2H3,(H,27,31). The first kappa shape index (κ1) is 27.6. The van der Waals surface area contributed by atoms with E-state index in [1.165, 1.54) is 11.3 Å². The van der Waals surface area contributed by atoms with Gasteiger partial charge in [0.25, 0.3) is 0 Å². The van der Waals surface area contributed by atoms with Crippen molar-refractivity contribution in [1.82, 2.24) is 14.8 Å². The molecule has 9 nitrogen and oxygen atoms in total. The fraction of sp³-hybridized carbons (Fsp3) is 0.231. The first-order valence-corrected chi connectivity index (χ1v) is 15.3. The van der Waals surface area contributed by atoms with Gasteiger partial charge in [-0.15, -0.1) is 21.5 Å². The van der Waals surface area contributed by atoms with Crippen LogP contribution >= 0.6 is 23.1 Å². The molecule has 0 aliphatic rings. The Hall–Kier alpha value is -3.48. The normalized spacial score (nSPS) is 11.3. The van der Waals surface area contributed by atoms with Crippen molar-refractivity contribution in [2.24, 2.45) is 0 Å². The molecule has 1 N–H and O–H groups in total. The number of thioether (sulfide) groups is 1. The largest absolute Gasteiger partial charge is 0.462 e. The number of sulfone groups is 1. The van der Waals surface area contributed by atoms with Gasteiger partial charge in [-0.1, -0.05) is 60.3 Å². The molecule has 0 atom stereocenters. The SMILES string of the molecule is CCOC(=O)c1cc(-c2ccccc2)sc1NC(=O)CSc1nnc(CS(=O)(=O)c2ccccc2)n1CC. The molecule has 0 unspecified atom stereocenters.